The highest BCUT2D eigenvalue weighted by molar-refractivity contribution is 6.03. The van der Waals surface area contributed by atoms with E-state index in [4.69, 9.17) is 14.6 Å². The lowest BCUT2D eigenvalue weighted by molar-refractivity contribution is -0.142. The lowest BCUT2D eigenvalue weighted by Crippen LogP contribution is -2.47. The molecule has 1 atom stereocenters. The van der Waals surface area contributed by atoms with Gasteiger partial charge in [-0.05, 0) is 36.6 Å². The first kappa shape index (κ1) is 25.4. The fraction of sp³-hybridized carbons (Fsp3) is 0.464. The van der Waals surface area contributed by atoms with Gasteiger partial charge in [0.25, 0.3) is 5.91 Å². The molecule has 2 heterocycles. The molecule has 2 aromatic carbocycles. The molecule has 0 aromatic heterocycles. The van der Waals surface area contributed by atoms with Gasteiger partial charge < -0.3 is 14.4 Å². The molecule has 8 nitrogen and oxygen atoms in total. The quantitative estimate of drug-likeness (QED) is 0.521. The first-order valence-corrected chi connectivity index (χ1v) is 12.9. The van der Waals surface area contributed by atoms with Gasteiger partial charge >= 0.3 is 0 Å². The lowest BCUT2D eigenvalue weighted by Gasteiger charge is -2.31. The van der Waals surface area contributed by atoms with Gasteiger partial charge in [0.05, 0.1) is 32.1 Å². The number of rotatable bonds is 9. The summed E-state index contributed by atoms with van der Waals surface area (Å²) in [7, 11) is 1.60. The normalized spacial score (nSPS) is 20.0. The zero-order valence-corrected chi connectivity index (χ0v) is 21.1. The number of morpholine rings is 1. The first-order valence-electron chi connectivity index (χ1n) is 12.9. The summed E-state index contributed by atoms with van der Waals surface area (Å²) < 4.78 is 24.6. The minimum absolute atomic E-state index is 0.0133. The molecule has 0 radical (unpaired) electrons. The molecular formula is C28H33FN4O4. The Morgan fingerprint density at radius 1 is 1.11 bits per heavy atom. The second-order valence-corrected chi connectivity index (χ2v) is 9.74. The molecule has 3 aliphatic rings. The van der Waals surface area contributed by atoms with Crippen LogP contribution in [-0.4, -0.2) is 85.4 Å². The molecule has 2 amide bonds. The topological polar surface area (TPSA) is 74.7 Å². The highest BCUT2D eigenvalue weighted by Gasteiger charge is 2.38. The third-order valence-corrected chi connectivity index (χ3v) is 7.20. The Bertz CT molecular complexity index is 1150. The molecule has 196 valence electrons. The molecule has 37 heavy (non-hydrogen) atoms. The van der Waals surface area contributed by atoms with Crippen molar-refractivity contribution in [3.8, 4) is 5.75 Å². The fourth-order valence-corrected chi connectivity index (χ4v) is 4.92. The number of para-hydroxylation sites is 1. The predicted octanol–water partition coefficient (Wildman–Crippen LogP) is 3.08. The Hall–Kier alpha value is -3.30. The number of carbonyl (C=O) groups excluding carboxylic acids is 2. The van der Waals surface area contributed by atoms with Crippen LogP contribution in [0.25, 0.3) is 0 Å². The van der Waals surface area contributed by atoms with Gasteiger partial charge in [0.15, 0.2) is 0 Å². The largest absolute Gasteiger partial charge is 0.496 e. The summed E-state index contributed by atoms with van der Waals surface area (Å²) in [4.78, 5) is 30.8. The van der Waals surface area contributed by atoms with Gasteiger partial charge in [0, 0.05) is 44.1 Å². The van der Waals surface area contributed by atoms with E-state index in [1.54, 1.807) is 24.1 Å². The van der Waals surface area contributed by atoms with Crippen LogP contribution in [0.4, 0.5) is 4.39 Å². The number of hydrogen-bond donors (Lipinski definition) is 0. The van der Waals surface area contributed by atoms with Crippen LogP contribution in [0.15, 0.2) is 53.6 Å². The maximum Gasteiger partial charge on any atom is 0.262 e. The van der Waals surface area contributed by atoms with E-state index in [2.05, 4.69) is 4.90 Å². The molecule has 0 bridgehead atoms. The summed E-state index contributed by atoms with van der Waals surface area (Å²) in [6, 6.07) is 13.3. The molecule has 2 aromatic rings. The molecule has 0 spiro atoms. The van der Waals surface area contributed by atoms with Gasteiger partial charge in [-0.2, -0.15) is 5.10 Å². The molecule has 0 N–H and O–H groups in total. The van der Waals surface area contributed by atoms with Crippen LogP contribution < -0.4 is 4.74 Å². The van der Waals surface area contributed by atoms with E-state index in [1.807, 2.05) is 24.3 Å². The number of nitrogens with zero attached hydrogens (tertiary/aromatic N) is 4. The molecule has 1 saturated heterocycles. The zero-order valence-electron chi connectivity index (χ0n) is 21.1. The van der Waals surface area contributed by atoms with Crippen LogP contribution in [0.5, 0.6) is 5.75 Å². The Balaban J connectivity index is 1.38. The van der Waals surface area contributed by atoms with Crippen molar-refractivity contribution in [3.05, 3.63) is 65.5 Å². The number of amides is 2. The molecule has 2 aliphatic heterocycles. The summed E-state index contributed by atoms with van der Waals surface area (Å²) in [5, 5.41) is 6.19. The summed E-state index contributed by atoms with van der Waals surface area (Å²) in [5.41, 5.74) is 2.29. The summed E-state index contributed by atoms with van der Waals surface area (Å²) >= 11 is 0. The number of hydrogen-bond acceptors (Lipinski definition) is 6. The number of hydrazone groups is 1. The van der Waals surface area contributed by atoms with E-state index < -0.39 is 0 Å². The predicted molar refractivity (Wildman–Crippen MR) is 137 cm³/mol. The minimum Gasteiger partial charge on any atom is -0.496 e. The van der Waals surface area contributed by atoms with Crippen molar-refractivity contribution in [2.45, 2.75) is 25.3 Å². The fourth-order valence-electron chi connectivity index (χ4n) is 4.92. The minimum atomic E-state index is -0.388. The van der Waals surface area contributed by atoms with Crippen LogP contribution in [0, 0.1) is 11.7 Å². The highest BCUT2D eigenvalue weighted by Crippen LogP contribution is 2.38. The van der Waals surface area contributed by atoms with E-state index >= 15 is 0 Å². The van der Waals surface area contributed by atoms with Crippen LogP contribution in [0.1, 0.15) is 36.4 Å². The molecule has 9 heteroatoms. The van der Waals surface area contributed by atoms with E-state index in [0.29, 0.717) is 44.2 Å². The number of methoxy groups -OCH3 is 1. The smallest absolute Gasteiger partial charge is 0.262 e. The molecule has 2 fully saturated rings. The standard InChI is InChI=1S/C28H33FN4O4/c1-36-26-5-3-2-4-23(26)25-18-24(20-8-10-22(29)11-9-20)30-33(25)27(34)19-32(28(35)21-6-7-21)13-12-31-14-16-37-17-15-31/h2-5,8-11,21,25H,6-7,12-19H2,1H3. The average Bonchev–Trinajstić information content (AvgIpc) is 3.69. The van der Waals surface area contributed by atoms with Crippen LogP contribution in [-0.2, 0) is 14.3 Å². The summed E-state index contributed by atoms with van der Waals surface area (Å²) in [6.45, 7) is 4.18. The number of benzene rings is 2. The van der Waals surface area contributed by atoms with Crippen molar-refractivity contribution < 1.29 is 23.5 Å². The zero-order chi connectivity index (χ0) is 25.8. The molecular weight excluding hydrogens is 475 g/mol. The van der Waals surface area contributed by atoms with Gasteiger partial charge in [0.2, 0.25) is 5.91 Å². The van der Waals surface area contributed by atoms with Crippen molar-refractivity contribution in [3.63, 3.8) is 0 Å². The first-order chi connectivity index (χ1) is 18.0. The molecule has 5 rings (SSSR count). The van der Waals surface area contributed by atoms with E-state index in [0.717, 1.165) is 37.1 Å². The Morgan fingerprint density at radius 2 is 1.84 bits per heavy atom. The summed E-state index contributed by atoms with van der Waals surface area (Å²) in [6.07, 6.45) is 2.21. The van der Waals surface area contributed by atoms with Crippen LogP contribution in [0.3, 0.4) is 0 Å². The van der Waals surface area contributed by atoms with Crippen LogP contribution >= 0.6 is 0 Å². The van der Waals surface area contributed by atoms with Gasteiger partial charge in [-0.3, -0.25) is 14.5 Å². The second kappa shape index (κ2) is 11.4. The van der Waals surface area contributed by atoms with E-state index in [9.17, 15) is 14.0 Å². The van der Waals surface area contributed by atoms with Crippen molar-refractivity contribution in [1.82, 2.24) is 14.8 Å². The number of halogens is 1. The van der Waals surface area contributed by atoms with E-state index in [-0.39, 0.29) is 36.1 Å². The highest BCUT2D eigenvalue weighted by atomic mass is 19.1. The molecule has 1 aliphatic carbocycles. The summed E-state index contributed by atoms with van der Waals surface area (Å²) in [5.74, 6) is 0.144. The Kier molecular flexibility index (Phi) is 7.81. The SMILES string of the molecule is COc1ccccc1C1CC(c2ccc(F)cc2)=NN1C(=O)CN(CCN1CCOCC1)C(=O)C1CC1. The van der Waals surface area contributed by atoms with Crippen molar-refractivity contribution in [1.29, 1.82) is 0 Å². The molecule has 1 unspecified atom stereocenters. The third-order valence-electron chi connectivity index (χ3n) is 7.20. The Morgan fingerprint density at radius 3 is 2.54 bits per heavy atom. The maximum absolute atomic E-state index is 13.8. The van der Waals surface area contributed by atoms with E-state index in [1.165, 1.54) is 17.1 Å². The van der Waals surface area contributed by atoms with Crippen molar-refractivity contribution in [2.75, 3.05) is 53.0 Å². The monoisotopic (exact) mass is 508 g/mol. The third kappa shape index (κ3) is 5.99. The van der Waals surface area contributed by atoms with Gasteiger partial charge in [-0.25, -0.2) is 9.40 Å². The van der Waals surface area contributed by atoms with Crippen molar-refractivity contribution in [2.24, 2.45) is 11.0 Å². The number of ether oxygens (including phenoxy) is 2. The number of carbonyl (C=O) groups is 2. The second-order valence-electron chi connectivity index (χ2n) is 9.74. The maximum atomic E-state index is 13.8. The Labute approximate surface area is 216 Å². The van der Waals surface area contributed by atoms with Gasteiger partial charge in [0.1, 0.15) is 18.1 Å². The molecule has 1 saturated carbocycles. The van der Waals surface area contributed by atoms with Gasteiger partial charge in [-0.15, -0.1) is 0 Å². The van der Waals surface area contributed by atoms with Crippen LogP contribution in [0.2, 0.25) is 0 Å². The van der Waals surface area contributed by atoms with Crippen molar-refractivity contribution >= 4 is 17.5 Å². The average molecular weight is 509 g/mol. The van der Waals surface area contributed by atoms with Gasteiger partial charge in [-0.1, -0.05) is 30.3 Å². The lowest BCUT2D eigenvalue weighted by atomic mass is 9.97.